The molecule has 6 nitrogen and oxygen atoms in total. The molecule has 0 radical (unpaired) electrons. The van der Waals surface area contributed by atoms with Gasteiger partial charge in [-0.3, -0.25) is 14.4 Å². The van der Waals surface area contributed by atoms with E-state index in [4.69, 9.17) is 0 Å². The van der Waals surface area contributed by atoms with Crippen molar-refractivity contribution in [1.82, 2.24) is 19.4 Å². The number of aliphatic hydroxyl groups is 1. The molecular weight excluding hydrogens is 338 g/mol. The Hall–Kier alpha value is -3.30. The Kier molecular flexibility index (Phi) is 4.30. The van der Waals surface area contributed by atoms with Gasteiger partial charge in [-0.15, -0.1) is 0 Å². The Balaban J connectivity index is 1.96. The molecule has 0 aliphatic heterocycles. The van der Waals surface area contributed by atoms with E-state index in [0.717, 1.165) is 34.0 Å². The standard InChI is InChI=1S/C21H19N5O/c1-3-4-20(27)18-7-13(2)17(12-24-18)16-8-14-10-23-6-5-19(14)26-15(9-22)11-25-21(16)26/h5-8,10-12,20,27H,3-4H2,1-2H3/t20-/m0/s1. The largest absolute Gasteiger partial charge is 0.387 e. The van der Waals surface area contributed by atoms with E-state index in [1.54, 1.807) is 24.8 Å². The molecule has 1 atom stereocenters. The molecule has 4 heterocycles. The van der Waals surface area contributed by atoms with Crippen molar-refractivity contribution in [2.24, 2.45) is 0 Å². The van der Waals surface area contributed by atoms with E-state index < -0.39 is 6.10 Å². The van der Waals surface area contributed by atoms with Gasteiger partial charge in [-0.25, -0.2) is 4.98 Å². The predicted molar refractivity (Wildman–Crippen MR) is 103 cm³/mol. The Morgan fingerprint density at radius 1 is 1.19 bits per heavy atom. The van der Waals surface area contributed by atoms with E-state index in [1.807, 2.05) is 36.4 Å². The Bertz CT molecular complexity index is 1190. The first-order chi connectivity index (χ1) is 13.1. The summed E-state index contributed by atoms with van der Waals surface area (Å²) < 4.78 is 1.85. The number of aryl methyl sites for hydroxylation is 1. The van der Waals surface area contributed by atoms with Gasteiger partial charge in [0.25, 0.3) is 0 Å². The minimum atomic E-state index is -0.555. The molecule has 0 amide bonds. The lowest BCUT2D eigenvalue weighted by Gasteiger charge is -2.14. The molecule has 4 aromatic heterocycles. The molecule has 0 aliphatic rings. The molecule has 0 aliphatic carbocycles. The van der Waals surface area contributed by atoms with Gasteiger partial charge in [0.1, 0.15) is 17.4 Å². The van der Waals surface area contributed by atoms with Crippen LogP contribution in [0.25, 0.3) is 27.7 Å². The summed E-state index contributed by atoms with van der Waals surface area (Å²) in [6, 6.07) is 8.03. The van der Waals surface area contributed by atoms with Gasteiger partial charge in [0, 0.05) is 35.1 Å². The highest BCUT2D eigenvalue weighted by Crippen LogP contribution is 2.32. The third-order valence-corrected chi connectivity index (χ3v) is 4.81. The summed E-state index contributed by atoms with van der Waals surface area (Å²) in [5, 5.41) is 20.6. The molecular formula is C21H19N5O. The molecule has 1 N–H and O–H groups in total. The molecule has 0 spiro atoms. The average molecular weight is 357 g/mol. The zero-order valence-corrected chi connectivity index (χ0v) is 15.2. The summed E-state index contributed by atoms with van der Waals surface area (Å²) in [5.41, 5.74) is 5.56. The molecule has 0 unspecified atom stereocenters. The van der Waals surface area contributed by atoms with Crippen molar-refractivity contribution in [2.45, 2.75) is 32.8 Å². The average Bonchev–Trinajstić information content (AvgIpc) is 3.12. The van der Waals surface area contributed by atoms with E-state index in [2.05, 4.69) is 21.0 Å². The number of pyridine rings is 3. The highest BCUT2D eigenvalue weighted by atomic mass is 16.3. The number of rotatable bonds is 4. The number of nitrogens with zero attached hydrogens (tertiary/aromatic N) is 5. The second-order valence-corrected chi connectivity index (χ2v) is 6.64. The van der Waals surface area contributed by atoms with Crippen LogP contribution in [0.4, 0.5) is 0 Å². The van der Waals surface area contributed by atoms with Crippen molar-refractivity contribution in [2.75, 3.05) is 0 Å². The van der Waals surface area contributed by atoms with Crippen LogP contribution in [0.5, 0.6) is 0 Å². The molecule has 0 saturated carbocycles. The van der Waals surface area contributed by atoms with Crippen LogP contribution in [-0.4, -0.2) is 24.5 Å². The molecule has 0 fully saturated rings. The zero-order valence-electron chi connectivity index (χ0n) is 15.2. The van der Waals surface area contributed by atoms with Crippen molar-refractivity contribution >= 4 is 16.6 Å². The number of imidazole rings is 1. The maximum absolute atomic E-state index is 10.2. The highest BCUT2D eigenvalue weighted by Gasteiger charge is 2.16. The predicted octanol–water partition coefficient (Wildman–Crippen LogP) is 3.96. The summed E-state index contributed by atoms with van der Waals surface area (Å²) in [5.74, 6) is 0. The number of aliphatic hydroxyl groups excluding tert-OH is 1. The van der Waals surface area contributed by atoms with E-state index in [0.29, 0.717) is 23.5 Å². The quantitative estimate of drug-likeness (QED) is 0.597. The normalized spacial score (nSPS) is 12.4. The highest BCUT2D eigenvalue weighted by molar-refractivity contribution is 5.92. The first kappa shape index (κ1) is 17.1. The first-order valence-electron chi connectivity index (χ1n) is 8.93. The molecule has 4 aromatic rings. The van der Waals surface area contributed by atoms with Crippen LogP contribution < -0.4 is 0 Å². The van der Waals surface area contributed by atoms with Crippen LogP contribution in [0.1, 0.15) is 42.8 Å². The maximum Gasteiger partial charge on any atom is 0.146 e. The summed E-state index contributed by atoms with van der Waals surface area (Å²) in [7, 11) is 0. The van der Waals surface area contributed by atoms with Crippen LogP contribution >= 0.6 is 0 Å². The Labute approximate surface area is 156 Å². The summed E-state index contributed by atoms with van der Waals surface area (Å²) in [6.45, 7) is 4.03. The number of nitriles is 1. The number of aromatic nitrogens is 4. The summed E-state index contributed by atoms with van der Waals surface area (Å²) in [6.07, 6.45) is 7.88. The molecule has 0 saturated heterocycles. The van der Waals surface area contributed by atoms with Gasteiger partial charge in [-0.2, -0.15) is 5.26 Å². The van der Waals surface area contributed by atoms with Gasteiger partial charge >= 0.3 is 0 Å². The third kappa shape index (κ3) is 2.82. The Morgan fingerprint density at radius 3 is 2.78 bits per heavy atom. The fourth-order valence-electron chi connectivity index (χ4n) is 3.46. The van der Waals surface area contributed by atoms with Gasteiger partial charge in [0.15, 0.2) is 0 Å². The van der Waals surface area contributed by atoms with Crippen LogP contribution in [0.2, 0.25) is 0 Å². The van der Waals surface area contributed by atoms with Crippen molar-refractivity contribution in [1.29, 1.82) is 5.26 Å². The van der Waals surface area contributed by atoms with Crippen LogP contribution in [0.15, 0.2) is 43.0 Å². The van der Waals surface area contributed by atoms with E-state index in [1.165, 1.54) is 0 Å². The van der Waals surface area contributed by atoms with Gasteiger partial charge in [-0.05, 0) is 37.1 Å². The van der Waals surface area contributed by atoms with E-state index >= 15 is 0 Å². The molecule has 0 aromatic carbocycles. The maximum atomic E-state index is 10.2. The molecule has 4 rings (SSSR count). The first-order valence-corrected chi connectivity index (χ1v) is 8.93. The minimum absolute atomic E-state index is 0.476. The second kappa shape index (κ2) is 6.78. The lowest BCUT2D eigenvalue weighted by atomic mass is 10.00. The second-order valence-electron chi connectivity index (χ2n) is 6.64. The molecule has 0 bridgehead atoms. The zero-order chi connectivity index (χ0) is 19.0. The minimum Gasteiger partial charge on any atom is -0.387 e. The summed E-state index contributed by atoms with van der Waals surface area (Å²) in [4.78, 5) is 13.2. The van der Waals surface area contributed by atoms with Crippen molar-refractivity contribution in [3.05, 3.63) is 59.9 Å². The topological polar surface area (TPSA) is 87.1 Å². The van der Waals surface area contributed by atoms with Gasteiger partial charge in [0.05, 0.1) is 23.5 Å². The fraction of sp³-hybridized carbons (Fsp3) is 0.238. The number of hydrogen-bond acceptors (Lipinski definition) is 5. The smallest absolute Gasteiger partial charge is 0.146 e. The monoisotopic (exact) mass is 357 g/mol. The molecule has 27 heavy (non-hydrogen) atoms. The van der Waals surface area contributed by atoms with Crippen LogP contribution in [-0.2, 0) is 0 Å². The SMILES string of the molecule is CCC[C@H](O)c1cc(C)c(-c2cc3cnccc3n3c(C#N)cnc23)cn1. The van der Waals surface area contributed by atoms with E-state index in [9.17, 15) is 10.4 Å². The molecule has 134 valence electrons. The molecule has 6 heteroatoms. The van der Waals surface area contributed by atoms with Crippen LogP contribution in [0, 0.1) is 18.3 Å². The summed E-state index contributed by atoms with van der Waals surface area (Å²) >= 11 is 0. The van der Waals surface area contributed by atoms with Gasteiger partial charge in [-0.1, -0.05) is 13.3 Å². The number of fused-ring (bicyclic) bond motifs is 3. The van der Waals surface area contributed by atoms with Crippen molar-refractivity contribution in [3.63, 3.8) is 0 Å². The van der Waals surface area contributed by atoms with Crippen molar-refractivity contribution in [3.8, 4) is 17.2 Å². The van der Waals surface area contributed by atoms with Crippen molar-refractivity contribution < 1.29 is 5.11 Å². The lowest BCUT2D eigenvalue weighted by molar-refractivity contribution is 0.161. The Morgan fingerprint density at radius 2 is 2.04 bits per heavy atom. The third-order valence-electron chi connectivity index (χ3n) is 4.81. The van der Waals surface area contributed by atoms with Gasteiger partial charge in [0.2, 0.25) is 0 Å². The fourth-order valence-corrected chi connectivity index (χ4v) is 3.46. The number of hydrogen-bond donors (Lipinski definition) is 1. The van der Waals surface area contributed by atoms with Gasteiger partial charge < -0.3 is 5.11 Å². The van der Waals surface area contributed by atoms with Crippen LogP contribution in [0.3, 0.4) is 0 Å². The van der Waals surface area contributed by atoms with E-state index in [-0.39, 0.29) is 0 Å². The lowest BCUT2D eigenvalue weighted by Crippen LogP contribution is -2.02.